The molecule has 7 nitrogen and oxygen atoms in total. The van der Waals surface area contributed by atoms with Gasteiger partial charge in [-0.1, -0.05) is 12.1 Å². The average Bonchev–Trinajstić information content (AvgIpc) is 2.79. The maximum Gasteiger partial charge on any atom is 0.335 e. The van der Waals surface area contributed by atoms with Crippen LogP contribution in [-0.4, -0.2) is 42.5 Å². The first-order valence-electron chi connectivity index (χ1n) is 7.21. The van der Waals surface area contributed by atoms with Crippen LogP contribution in [0, 0.1) is 0 Å². The van der Waals surface area contributed by atoms with Gasteiger partial charge in [-0.05, 0) is 35.9 Å². The van der Waals surface area contributed by atoms with Crippen LogP contribution in [0.3, 0.4) is 0 Å². The van der Waals surface area contributed by atoms with Crippen molar-refractivity contribution in [3.8, 4) is 0 Å². The number of carbonyl (C=O) groups excluding carboxylic acids is 2. The third kappa shape index (κ3) is 3.03. The third-order valence-corrected chi connectivity index (χ3v) is 5.04. The smallest absolute Gasteiger partial charge is 0.335 e. The highest BCUT2D eigenvalue weighted by Gasteiger charge is 2.36. The van der Waals surface area contributed by atoms with E-state index in [2.05, 4.69) is 0 Å². The third-order valence-electron chi connectivity index (χ3n) is 3.91. The van der Waals surface area contributed by atoms with Crippen LogP contribution in [0.2, 0.25) is 0 Å². The maximum atomic E-state index is 12.4. The van der Waals surface area contributed by atoms with Gasteiger partial charge in [-0.3, -0.25) is 14.5 Å². The van der Waals surface area contributed by atoms with Gasteiger partial charge >= 0.3 is 5.97 Å². The fourth-order valence-corrected chi connectivity index (χ4v) is 3.22. The fraction of sp³-hybridized carbons (Fsp3) is 0.118. The Bertz CT molecular complexity index is 1010. The van der Waals surface area contributed by atoms with Crippen LogP contribution in [0.1, 0.15) is 36.6 Å². The van der Waals surface area contributed by atoms with E-state index in [9.17, 15) is 22.8 Å². The summed E-state index contributed by atoms with van der Waals surface area (Å²) in [7, 11) is -3.33. The molecule has 0 fully saturated rings. The molecule has 2 aromatic carbocycles. The predicted molar refractivity (Wildman–Crippen MR) is 87.2 cm³/mol. The highest BCUT2D eigenvalue weighted by atomic mass is 32.2. The van der Waals surface area contributed by atoms with E-state index >= 15 is 0 Å². The van der Waals surface area contributed by atoms with Crippen molar-refractivity contribution in [1.29, 1.82) is 0 Å². The Morgan fingerprint density at radius 2 is 1.60 bits per heavy atom. The number of sulfone groups is 1. The van der Waals surface area contributed by atoms with Gasteiger partial charge < -0.3 is 5.11 Å². The minimum Gasteiger partial charge on any atom is -0.478 e. The first-order chi connectivity index (χ1) is 11.7. The van der Waals surface area contributed by atoms with Gasteiger partial charge in [0.05, 0.1) is 28.1 Å². The largest absolute Gasteiger partial charge is 0.478 e. The van der Waals surface area contributed by atoms with Crippen LogP contribution in [0.15, 0.2) is 47.4 Å². The molecule has 0 atom stereocenters. The zero-order valence-electron chi connectivity index (χ0n) is 13.1. The number of hydrogen-bond donors (Lipinski definition) is 1. The van der Waals surface area contributed by atoms with E-state index in [-0.39, 0.29) is 28.1 Å². The van der Waals surface area contributed by atoms with Crippen molar-refractivity contribution in [2.45, 2.75) is 11.4 Å². The molecular weight excluding hydrogens is 346 g/mol. The van der Waals surface area contributed by atoms with Crippen LogP contribution < -0.4 is 0 Å². The number of carbonyl (C=O) groups is 3. The molecule has 2 aromatic rings. The number of carboxylic acids is 1. The summed E-state index contributed by atoms with van der Waals surface area (Å²) in [5.74, 6) is -2.27. The van der Waals surface area contributed by atoms with E-state index in [1.165, 1.54) is 42.5 Å². The normalized spacial score (nSPS) is 13.9. The van der Waals surface area contributed by atoms with Crippen LogP contribution in [-0.2, 0) is 16.4 Å². The highest BCUT2D eigenvalue weighted by Crippen LogP contribution is 2.26. The van der Waals surface area contributed by atoms with Crippen molar-refractivity contribution >= 4 is 27.6 Å². The van der Waals surface area contributed by atoms with Gasteiger partial charge in [-0.2, -0.15) is 0 Å². The van der Waals surface area contributed by atoms with Crippen LogP contribution >= 0.6 is 0 Å². The molecule has 0 bridgehead atoms. The van der Waals surface area contributed by atoms with Crippen LogP contribution in [0.25, 0.3) is 0 Å². The first kappa shape index (κ1) is 16.8. The molecule has 128 valence electrons. The molecule has 1 N–H and O–H groups in total. The number of nitrogens with zero attached hydrogens (tertiary/aromatic N) is 1. The summed E-state index contributed by atoms with van der Waals surface area (Å²) in [6, 6.07) is 9.66. The Kier molecular flexibility index (Phi) is 3.92. The van der Waals surface area contributed by atoms with Gasteiger partial charge in [0.15, 0.2) is 9.84 Å². The number of benzene rings is 2. The molecule has 0 aliphatic carbocycles. The summed E-state index contributed by atoms with van der Waals surface area (Å²) in [5.41, 5.74) is 0.722. The molecule has 0 unspecified atom stereocenters. The minimum absolute atomic E-state index is 0.0290. The van der Waals surface area contributed by atoms with Crippen molar-refractivity contribution in [2.24, 2.45) is 0 Å². The lowest BCUT2D eigenvalue weighted by Gasteiger charge is -2.14. The van der Waals surface area contributed by atoms with Crippen LogP contribution in [0.5, 0.6) is 0 Å². The van der Waals surface area contributed by atoms with Gasteiger partial charge in [0, 0.05) is 6.26 Å². The zero-order chi connectivity index (χ0) is 18.4. The maximum absolute atomic E-state index is 12.4. The highest BCUT2D eigenvalue weighted by molar-refractivity contribution is 7.90. The molecule has 1 aliphatic heterocycles. The molecule has 3 rings (SSSR count). The lowest BCUT2D eigenvalue weighted by atomic mass is 10.1. The van der Waals surface area contributed by atoms with Crippen molar-refractivity contribution in [3.05, 3.63) is 64.7 Å². The van der Waals surface area contributed by atoms with E-state index in [4.69, 9.17) is 5.11 Å². The second-order valence-corrected chi connectivity index (χ2v) is 7.69. The summed E-state index contributed by atoms with van der Waals surface area (Å²) in [5, 5.41) is 9.00. The Balaban J connectivity index is 1.88. The van der Waals surface area contributed by atoms with Gasteiger partial charge in [0.2, 0.25) is 0 Å². The molecule has 2 amide bonds. The molecule has 25 heavy (non-hydrogen) atoms. The average molecular weight is 359 g/mol. The monoisotopic (exact) mass is 359 g/mol. The second kappa shape index (κ2) is 5.82. The van der Waals surface area contributed by atoms with Gasteiger partial charge in [0.25, 0.3) is 11.8 Å². The molecule has 0 aromatic heterocycles. The second-order valence-electron chi connectivity index (χ2n) is 5.68. The summed E-state index contributed by atoms with van der Waals surface area (Å²) in [6.45, 7) is -0.0290. The number of amides is 2. The minimum atomic E-state index is -3.33. The number of rotatable bonds is 4. The van der Waals surface area contributed by atoms with Gasteiger partial charge in [-0.25, -0.2) is 13.2 Å². The molecule has 0 radical (unpaired) electrons. The number of hydrogen-bond acceptors (Lipinski definition) is 5. The lowest BCUT2D eigenvalue weighted by Crippen LogP contribution is -2.29. The number of carboxylic acid groups (broad SMARTS) is 1. The SMILES string of the molecule is CS(=O)(=O)c1ccc(CN2C(=O)c3ccc(C(=O)O)cc3C2=O)cc1. The van der Waals surface area contributed by atoms with E-state index in [1.54, 1.807) is 0 Å². The van der Waals surface area contributed by atoms with Crippen molar-refractivity contribution in [3.63, 3.8) is 0 Å². The van der Waals surface area contributed by atoms with Crippen LogP contribution in [0.4, 0.5) is 0 Å². The zero-order valence-corrected chi connectivity index (χ0v) is 13.9. The summed E-state index contributed by atoms with van der Waals surface area (Å²) in [6.07, 6.45) is 1.09. The van der Waals surface area contributed by atoms with Gasteiger partial charge in [-0.15, -0.1) is 0 Å². The topological polar surface area (TPSA) is 109 Å². The van der Waals surface area contributed by atoms with Crippen molar-refractivity contribution in [1.82, 2.24) is 4.90 Å². The Labute approximate surface area is 143 Å². The number of fused-ring (bicyclic) bond motifs is 1. The molecule has 0 saturated heterocycles. The Hall–Kier alpha value is -3.00. The lowest BCUT2D eigenvalue weighted by molar-refractivity contribution is 0.0641. The molecule has 8 heteroatoms. The molecular formula is C17H13NO6S. The number of aromatic carboxylic acids is 1. The molecule has 1 aliphatic rings. The van der Waals surface area contributed by atoms with Crippen molar-refractivity contribution < 1.29 is 27.9 Å². The number of imide groups is 1. The first-order valence-corrected chi connectivity index (χ1v) is 9.10. The summed E-state index contributed by atoms with van der Waals surface area (Å²) in [4.78, 5) is 37.0. The van der Waals surface area contributed by atoms with Crippen molar-refractivity contribution in [2.75, 3.05) is 6.26 Å². The molecule has 0 spiro atoms. The quantitative estimate of drug-likeness (QED) is 0.830. The Morgan fingerprint density at radius 3 is 2.16 bits per heavy atom. The fourth-order valence-electron chi connectivity index (χ4n) is 2.59. The standard InChI is InChI=1S/C17H13NO6S/c1-25(23,24)12-5-2-10(3-6-12)9-18-15(19)13-7-4-11(17(21)22)8-14(13)16(18)20/h2-8H,9H2,1H3,(H,21,22). The van der Waals surface area contributed by atoms with E-state index in [1.807, 2.05) is 0 Å². The summed E-state index contributed by atoms with van der Waals surface area (Å²) < 4.78 is 22.9. The molecule has 1 heterocycles. The van der Waals surface area contributed by atoms with E-state index in [0.29, 0.717) is 5.56 Å². The predicted octanol–water partition coefficient (Wildman–Crippen LogP) is 1.58. The molecule has 0 saturated carbocycles. The summed E-state index contributed by atoms with van der Waals surface area (Å²) >= 11 is 0. The van der Waals surface area contributed by atoms with E-state index < -0.39 is 27.6 Å². The Morgan fingerprint density at radius 1 is 1.00 bits per heavy atom. The van der Waals surface area contributed by atoms with Gasteiger partial charge in [0.1, 0.15) is 0 Å². The van der Waals surface area contributed by atoms with E-state index in [0.717, 1.165) is 11.2 Å².